The molecule has 0 bridgehead atoms. The highest BCUT2D eigenvalue weighted by Crippen LogP contribution is 2.38. The predicted octanol–water partition coefficient (Wildman–Crippen LogP) is 0.813. The Morgan fingerprint density at radius 2 is 2.21 bits per heavy atom. The molecule has 19 heavy (non-hydrogen) atoms. The summed E-state index contributed by atoms with van der Waals surface area (Å²) < 4.78 is 13.3. The van der Waals surface area contributed by atoms with E-state index < -0.39 is 0 Å². The van der Waals surface area contributed by atoms with Gasteiger partial charge < -0.3 is 15.2 Å². The first-order valence-electron chi connectivity index (χ1n) is 6.61. The summed E-state index contributed by atoms with van der Waals surface area (Å²) >= 11 is 4.89. The fraction of sp³-hybridized carbons (Fsp3) is 0.750. The number of nitrogens with zero attached hydrogens (tertiary/aromatic N) is 3. The molecule has 1 aromatic rings. The van der Waals surface area contributed by atoms with E-state index in [0.717, 1.165) is 45.5 Å². The van der Waals surface area contributed by atoms with E-state index in [4.69, 9.17) is 27.4 Å². The van der Waals surface area contributed by atoms with E-state index in [-0.39, 0.29) is 10.6 Å². The van der Waals surface area contributed by atoms with Crippen LogP contribution in [0, 0.1) is 0 Å². The fourth-order valence-corrected chi connectivity index (χ4v) is 2.98. The number of thiocarbonyl (C=S) groups is 1. The molecule has 1 spiro atoms. The molecule has 3 heterocycles. The van der Waals surface area contributed by atoms with Gasteiger partial charge in [0.1, 0.15) is 11.3 Å². The van der Waals surface area contributed by atoms with Gasteiger partial charge in [0.2, 0.25) is 5.82 Å². The van der Waals surface area contributed by atoms with Gasteiger partial charge in [0.25, 0.3) is 0 Å². The SMILES string of the molecule is NC(=S)c1ncn(C2CCOC3(CCOCC3)C2)n1. The van der Waals surface area contributed by atoms with Gasteiger partial charge in [-0.3, -0.25) is 0 Å². The van der Waals surface area contributed by atoms with Crippen LogP contribution in [0.4, 0.5) is 0 Å². The van der Waals surface area contributed by atoms with Gasteiger partial charge in [-0.15, -0.1) is 5.10 Å². The van der Waals surface area contributed by atoms with Crippen molar-refractivity contribution in [2.45, 2.75) is 37.3 Å². The predicted molar refractivity (Wildman–Crippen MR) is 72.9 cm³/mol. The van der Waals surface area contributed by atoms with Crippen LogP contribution in [-0.4, -0.2) is 45.2 Å². The molecule has 0 aliphatic carbocycles. The molecule has 1 aromatic heterocycles. The maximum Gasteiger partial charge on any atom is 0.208 e. The van der Waals surface area contributed by atoms with Crippen LogP contribution in [-0.2, 0) is 9.47 Å². The summed E-state index contributed by atoms with van der Waals surface area (Å²) in [5, 5.41) is 4.36. The van der Waals surface area contributed by atoms with Crippen LogP contribution >= 0.6 is 12.2 Å². The Bertz CT molecular complexity index is 465. The second-order valence-electron chi connectivity index (χ2n) is 5.20. The zero-order valence-electron chi connectivity index (χ0n) is 10.7. The van der Waals surface area contributed by atoms with E-state index in [1.807, 2.05) is 4.68 Å². The third kappa shape index (κ3) is 2.63. The van der Waals surface area contributed by atoms with Gasteiger partial charge in [-0.2, -0.15) is 0 Å². The molecular formula is C12H18N4O2S. The zero-order chi connectivity index (χ0) is 13.3. The van der Waals surface area contributed by atoms with Crippen LogP contribution in [0.1, 0.15) is 37.5 Å². The normalized spacial score (nSPS) is 26.4. The number of nitrogens with two attached hydrogens (primary N) is 1. The highest BCUT2D eigenvalue weighted by molar-refractivity contribution is 7.80. The lowest BCUT2D eigenvalue weighted by Gasteiger charge is -2.43. The van der Waals surface area contributed by atoms with Crippen molar-refractivity contribution in [2.75, 3.05) is 19.8 Å². The van der Waals surface area contributed by atoms with E-state index in [9.17, 15) is 0 Å². The standard InChI is InChI=1S/C12H18N4O2S/c13-10(19)11-14-8-16(15-11)9-1-4-18-12(7-9)2-5-17-6-3-12/h8-9H,1-7H2,(H2,13,19). The van der Waals surface area contributed by atoms with Crippen molar-refractivity contribution >= 4 is 17.2 Å². The lowest BCUT2D eigenvalue weighted by molar-refractivity contribution is -0.145. The monoisotopic (exact) mass is 282 g/mol. The second kappa shape index (κ2) is 5.15. The summed E-state index contributed by atoms with van der Waals surface area (Å²) in [5.74, 6) is 0.447. The van der Waals surface area contributed by atoms with Crippen LogP contribution in [0.3, 0.4) is 0 Å². The van der Waals surface area contributed by atoms with Crippen molar-refractivity contribution in [1.29, 1.82) is 0 Å². The summed E-state index contributed by atoms with van der Waals surface area (Å²) in [4.78, 5) is 4.39. The van der Waals surface area contributed by atoms with Crippen molar-refractivity contribution in [3.05, 3.63) is 12.2 Å². The average Bonchev–Trinajstić information content (AvgIpc) is 2.89. The summed E-state index contributed by atoms with van der Waals surface area (Å²) in [5.41, 5.74) is 5.50. The molecule has 1 unspecified atom stereocenters. The number of aromatic nitrogens is 3. The Morgan fingerprint density at radius 3 is 2.89 bits per heavy atom. The highest BCUT2D eigenvalue weighted by atomic mass is 32.1. The maximum absolute atomic E-state index is 6.02. The van der Waals surface area contributed by atoms with E-state index in [1.54, 1.807) is 6.33 Å². The Morgan fingerprint density at radius 1 is 1.42 bits per heavy atom. The molecule has 6 nitrogen and oxygen atoms in total. The number of hydrogen-bond acceptors (Lipinski definition) is 5. The van der Waals surface area contributed by atoms with Crippen molar-refractivity contribution in [1.82, 2.24) is 14.8 Å². The Labute approximate surface area is 117 Å². The first-order chi connectivity index (χ1) is 9.19. The molecule has 0 saturated carbocycles. The summed E-state index contributed by atoms with van der Waals surface area (Å²) in [6.45, 7) is 2.32. The largest absolute Gasteiger partial charge is 0.387 e. The topological polar surface area (TPSA) is 75.2 Å². The second-order valence-corrected chi connectivity index (χ2v) is 5.64. The van der Waals surface area contributed by atoms with Gasteiger partial charge in [0, 0.05) is 19.8 Å². The van der Waals surface area contributed by atoms with Crippen LogP contribution in [0.5, 0.6) is 0 Å². The minimum Gasteiger partial charge on any atom is -0.387 e. The van der Waals surface area contributed by atoms with E-state index in [2.05, 4.69) is 10.1 Å². The van der Waals surface area contributed by atoms with Crippen LogP contribution in [0.2, 0.25) is 0 Å². The van der Waals surface area contributed by atoms with Crippen molar-refractivity contribution in [3.8, 4) is 0 Å². The molecule has 2 fully saturated rings. The quantitative estimate of drug-likeness (QED) is 0.809. The van der Waals surface area contributed by atoms with Crippen molar-refractivity contribution in [2.24, 2.45) is 5.73 Å². The molecule has 2 N–H and O–H groups in total. The summed E-state index contributed by atoms with van der Waals surface area (Å²) in [6, 6.07) is 0.308. The molecule has 2 aliphatic rings. The van der Waals surface area contributed by atoms with E-state index in [0.29, 0.717) is 11.9 Å². The lowest BCUT2D eigenvalue weighted by Crippen LogP contribution is -2.44. The minimum absolute atomic E-state index is 0.0451. The highest BCUT2D eigenvalue weighted by Gasteiger charge is 2.39. The Kier molecular flexibility index (Phi) is 3.51. The molecule has 1 atom stereocenters. The van der Waals surface area contributed by atoms with Crippen LogP contribution < -0.4 is 5.73 Å². The van der Waals surface area contributed by atoms with Gasteiger partial charge in [-0.25, -0.2) is 9.67 Å². The van der Waals surface area contributed by atoms with Gasteiger partial charge in [0.05, 0.1) is 11.6 Å². The van der Waals surface area contributed by atoms with E-state index in [1.165, 1.54) is 0 Å². The van der Waals surface area contributed by atoms with Gasteiger partial charge in [-0.05, 0) is 25.7 Å². The smallest absolute Gasteiger partial charge is 0.208 e. The zero-order valence-corrected chi connectivity index (χ0v) is 11.6. The molecule has 2 aliphatic heterocycles. The molecule has 7 heteroatoms. The summed E-state index contributed by atoms with van der Waals surface area (Å²) in [6.07, 6.45) is 5.54. The molecule has 3 rings (SSSR count). The van der Waals surface area contributed by atoms with Gasteiger partial charge in [-0.1, -0.05) is 12.2 Å². The fourth-order valence-electron chi connectivity index (χ4n) is 2.88. The first-order valence-corrected chi connectivity index (χ1v) is 7.02. The van der Waals surface area contributed by atoms with Crippen LogP contribution in [0.25, 0.3) is 0 Å². The van der Waals surface area contributed by atoms with Crippen LogP contribution in [0.15, 0.2) is 6.33 Å². The van der Waals surface area contributed by atoms with Crippen molar-refractivity contribution < 1.29 is 9.47 Å². The molecular weight excluding hydrogens is 264 g/mol. The molecule has 104 valence electrons. The van der Waals surface area contributed by atoms with Crippen molar-refractivity contribution in [3.63, 3.8) is 0 Å². The molecule has 0 amide bonds. The first kappa shape index (κ1) is 13.0. The van der Waals surface area contributed by atoms with E-state index >= 15 is 0 Å². The Hall–Kier alpha value is -1.05. The number of hydrogen-bond donors (Lipinski definition) is 1. The third-order valence-corrected chi connectivity index (χ3v) is 4.16. The molecule has 2 saturated heterocycles. The Balaban J connectivity index is 1.75. The number of ether oxygens (including phenoxy) is 2. The molecule has 0 radical (unpaired) electrons. The summed E-state index contributed by atoms with van der Waals surface area (Å²) in [7, 11) is 0. The third-order valence-electron chi connectivity index (χ3n) is 3.97. The van der Waals surface area contributed by atoms with Gasteiger partial charge >= 0.3 is 0 Å². The van der Waals surface area contributed by atoms with Gasteiger partial charge in [0.15, 0.2) is 0 Å². The lowest BCUT2D eigenvalue weighted by atomic mass is 9.84. The molecule has 0 aromatic carbocycles. The minimum atomic E-state index is -0.0451. The number of rotatable bonds is 2. The maximum atomic E-state index is 6.02. The average molecular weight is 282 g/mol.